The minimum absolute atomic E-state index is 0.186. The standard InChI is InChI=1S/C19H15Cl2NO/c20-19(21)11-10-15-14-8-4-5-9-16(14)22(17(15)18(19)23)12-13-6-2-1-3-7-13/h1-9H,10-12H2. The maximum atomic E-state index is 12.8. The number of rotatable bonds is 2. The van der Waals surface area contributed by atoms with Crippen molar-refractivity contribution in [1.29, 1.82) is 0 Å². The fourth-order valence-corrected chi connectivity index (χ4v) is 3.75. The molecule has 116 valence electrons. The second-order valence-corrected chi connectivity index (χ2v) is 7.43. The average molecular weight is 344 g/mol. The number of ketones is 1. The van der Waals surface area contributed by atoms with Crippen molar-refractivity contribution >= 4 is 39.9 Å². The second kappa shape index (κ2) is 5.40. The first kappa shape index (κ1) is 14.8. The van der Waals surface area contributed by atoms with Crippen LogP contribution in [-0.4, -0.2) is 14.7 Å². The molecule has 23 heavy (non-hydrogen) atoms. The largest absolute Gasteiger partial charge is 0.333 e. The molecule has 1 heterocycles. The van der Waals surface area contributed by atoms with E-state index in [0.29, 0.717) is 18.7 Å². The highest BCUT2D eigenvalue weighted by atomic mass is 35.5. The smallest absolute Gasteiger partial charge is 0.215 e. The quantitative estimate of drug-likeness (QED) is 0.600. The van der Waals surface area contributed by atoms with E-state index in [-0.39, 0.29) is 5.78 Å². The Labute approximate surface area is 144 Å². The second-order valence-electron chi connectivity index (χ2n) is 5.95. The van der Waals surface area contributed by atoms with Crippen LogP contribution in [-0.2, 0) is 13.0 Å². The molecule has 0 amide bonds. The summed E-state index contributed by atoms with van der Waals surface area (Å²) in [5.41, 5.74) is 3.93. The zero-order valence-corrected chi connectivity index (χ0v) is 13.9. The van der Waals surface area contributed by atoms with Gasteiger partial charge in [-0.15, -0.1) is 0 Å². The number of halogens is 2. The average Bonchev–Trinajstić information content (AvgIpc) is 2.87. The summed E-state index contributed by atoms with van der Waals surface area (Å²) in [5, 5.41) is 1.12. The van der Waals surface area contributed by atoms with Crippen LogP contribution >= 0.6 is 23.2 Å². The molecule has 4 heteroatoms. The Balaban J connectivity index is 1.96. The van der Waals surface area contributed by atoms with Gasteiger partial charge >= 0.3 is 0 Å². The molecule has 0 fully saturated rings. The maximum Gasteiger partial charge on any atom is 0.215 e. The lowest BCUT2D eigenvalue weighted by molar-refractivity contribution is 0.0952. The zero-order chi connectivity index (χ0) is 16.0. The van der Waals surface area contributed by atoms with E-state index in [0.717, 1.165) is 28.5 Å². The van der Waals surface area contributed by atoms with Gasteiger partial charge in [0.25, 0.3) is 0 Å². The van der Waals surface area contributed by atoms with Gasteiger partial charge in [-0.25, -0.2) is 0 Å². The van der Waals surface area contributed by atoms with Crippen molar-refractivity contribution < 1.29 is 4.79 Å². The van der Waals surface area contributed by atoms with Crippen molar-refractivity contribution in [3.8, 4) is 0 Å². The SMILES string of the molecule is O=C1c2c(c3ccccc3n2Cc2ccccc2)CCC1(Cl)Cl. The van der Waals surface area contributed by atoms with E-state index in [1.807, 2.05) is 36.4 Å². The predicted molar refractivity (Wildman–Crippen MR) is 94.6 cm³/mol. The lowest BCUT2D eigenvalue weighted by Crippen LogP contribution is -2.33. The van der Waals surface area contributed by atoms with Gasteiger partial charge in [0.1, 0.15) is 0 Å². The number of carbonyl (C=O) groups is 1. The molecule has 0 spiro atoms. The number of Topliss-reactive ketones (excluding diaryl/α,β-unsaturated/α-hetero) is 1. The summed E-state index contributed by atoms with van der Waals surface area (Å²) >= 11 is 12.5. The van der Waals surface area contributed by atoms with Gasteiger partial charge in [0.15, 0.2) is 4.33 Å². The van der Waals surface area contributed by atoms with Gasteiger partial charge < -0.3 is 4.57 Å². The molecule has 0 saturated heterocycles. The molecule has 0 N–H and O–H groups in total. The highest BCUT2D eigenvalue weighted by Crippen LogP contribution is 2.41. The number of hydrogen-bond acceptors (Lipinski definition) is 1. The van der Waals surface area contributed by atoms with Crippen LogP contribution in [0.1, 0.15) is 28.0 Å². The summed E-state index contributed by atoms with van der Waals surface area (Å²) < 4.78 is 0.733. The van der Waals surface area contributed by atoms with Crippen molar-refractivity contribution in [2.75, 3.05) is 0 Å². The van der Waals surface area contributed by atoms with E-state index in [4.69, 9.17) is 23.2 Å². The summed E-state index contributed by atoms with van der Waals surface area (Å²) in [7, 11) is 0. The third kappa shape index (κ3) is 2.37. The molecule has 0 unspecified atom stereocenters. The summed E-state index contributed by atoms with van der Waals surface area (Å²) in [5.74, 6) is -0.186. The monoisotopic (exact) mass is 343 g/mol. The minimum Gasteiger partial charge on any atom is -0.333 e. The summed E-state index contributed by atoms with van der Waals surface area (Å²) in [4.78, 5) is 12.8. The first-order valence-electron chi connectivity index (χ1n) is 7.64. The molecular weight excluding hydrogens is 329 g/mol. The molecule has 0 saturated carbocycles. The highest BCUT2D eigenvalue weighted by molar-refractivity contribution is 6.60. The number of carbonyl (C=O) groups excluding carboxylic acids is 1. The van der Waals surface area contributed by atoms with E-state index in [9.17, 15) is 4.79 Å². The Bertz CT molecular complexity index is 896. The minimum atomic E-state index is -1.32. The Morgan fingerprint density at radius 2 is 1.70 bits per heavy atom. The van der Waals surface area contributed by atoms with E-state index >= 15 is 0 Å². The van der Waals surface area contributed by atoms with Gasteiger partial charge in [-0.3, -0.25) is 4.79 Å². The molecule has 4 rings (SSSR count). The maximum absolute atomic E-state index is 12.8. The normalized spacial score (nSPS) is 16.5. The van der Waals surface area contributed by atoms with Gasteiger partial charge in [0, 0.05) is 17.4 Å². The number of fused-ring (bicyclic) bond motifs is 3. The van der Waals surface area contributed by atoms with E-state index in [2.05, 4.69) is 22.8 Å². The molecule has 2 nitrogen and oxygen atoms in total. The summed E-state index contributed by atoms with van der Waals surface area (Å²) in [6.07, 6.45) is 1.18. The number of alkyl halides is 2. The molecule has 1 aliphatic carbocycles. The van der Waals surface area contributed by atoms with Crippen molar-refractivity contribution in [2.45, 2.75) is 23.7 Å². The van der Waals surface area contributed by atoms with Gasteiger partial charge in [-0.1, -0.05) is 71.7 Å². The molecule has 0 radical (unpaired) electrons. The van der Waals surface area contributed by atoms with Gasteiger partial charge in [0.05, 0.1) is 5.69 Å². The number of para-hydroxylation sites is 1. The fraction of sp³-hybridized carbons (Fsp3) is 0.211. The van der Waals surface area contributed by atoms with Gasteiger partial charge in [-0.2, -0.15) is 0 Å². The van der Waals surface area contributed by atoms with Crippen molar-refractivity contribution in [3.05, 3.63) is 71.4 Å². The number of benzene rings is 2. The summed E-state index contributed by atoms with van der Waals surface area (Å²) in [6.45, 7) is 0.631. The van der Waals surface area contributed by atoms with Gasteiger partial charge in [-0.05, 0) is 30.0 Å². The van der Waals surface area contributed by atoms with Crippen molar-refractivity contribution in [2.24, 2.45) is 0 Å². The van der Waals surface area contributed by atoms with Gasteiger partial charge in [0.2, 0.25) is 5.78 Å². The molecule has 1 aliphatic rings. The Morgan fingerprint density at radius 1 is 1.00 bits per heavy atom. The lowest BCUT2D eigenvalue weighted by atomic mass is 9.93. The molecular formula is C19H15Cl2NO. The Morgan fingerprint density at radius 3 is 2.48 bits per heavy atom. The van der Waals surface area contributed by atoms with Crippen LogP contribution in [0.4, 0.5) is 0 Å². The molecule has 3 aromatic rings. The highest BCUT2D eigenvalue weighted by Gasteiger charge is 2.42. The lowest BCUT2D eigenvalue weighted by Gasteiger charge is -2.25. The van der Waals surface area contributed by atoms with Crippen LogP contribution < -0.4 is 0 Å². The molecule has 0 atom stereocenters. The predicted octanol–water partition coefficient (Wildman–Crippen LogP) is 4.99. The van der Waals surface area contributed by atoms with E-state index < -0.39 is 4.33 Å². The fourth-order valence-electron chi connectivity index (χ4n) is 3.39. The zero-order valence-electron chi connectivity index (χ0n) is 12.4. The van der Waals surface area contributed by atoms with E-state index in [1.165, 1.54) is 0 Å². The first-order valence-corrected chi connectivity index (χ1v) is 8.40. The molecule has 0 bridgehead atoms. The van der Waals surface area contributed by atoms with Crippen LogP contribution in [0.15, 0.2) is 54.6 Å². The molecule has 2 aromatic carbocycles. The first-order chi connectivity index (χ1) is 11.1. The van der Waals surface area contributed by atoms with Crippen LogP contribution in [0.2, 0.25) is 0 Å². The van der Waals surface area contributed by atoms with Crippen molar-refractivity contribution in [1.82, 2.24) is 4.57 Å². The summed E-state index contributed by atoms with van der Waals surface area (Å²) in [6, 6.07) is 18.2. The van der Waals surface area contributed by atoms with Crippen molar-refractivity contribution in [3.63, 3.8) is 0 Å². The van der Waals surface area contributed by atoms with Crippen LogP contribution in [0, 0.1) is 0 Å². The number of aryl methyl sites for hydroxylation is 1. The molecule has 1 aromatic heterocycles. The topological polar surface area (TPSA) is 22.0 Å². The number of aromatic nitrogens is 1. The van der Waals surface area contributed by atoms with Crippen LogP contribution in [0.5, 0.6) is 0 Å². The third-order valence-corrected chi connectivity index (χ3v) is 5.22. The van der Waals surface area contributed by atoms with E-state index in [1.54, 1.807) is 0 Å². The third-order valence-electron chi connectivity index (χ3n) is 4.50. The Hall–Kier alpha value is -1.77. The Kier molecular flexibility index (Phi) is 3.47. The number of nitrogens with zero attached hydrogens (tertiary/aromatic N) is 1. The van der Waals surface area contributed by atoms with Crippen LogP contribution in [0.25, 0.3) is 10.9 Å². The molecule has 0 aliphatic heterocycles. The number of hydrogen-bond donors (Lipinski definition) is 0. The van der Waals surface area contributed by atoms with Crippen LogP contribution in [0.3, 0.4) is 0 Å².